The van der Waals surface area contributed by atoms with E-state index in [2.05, 4.69) is 30.6 Å². The highest BCUT2D eigenvalue weighted by atomic mass is 32.2. The smallest absolute Gasteiger partial charge is 0.231 e. The Hall–Kier alpha value is -2.07. The van der Waals surface area contributed by atoms with Gasteiger partial charge in [0.25, 0.3) is 0 Å². The van der Waals surface area contributed by atoms with Crippen LogP contribution in [0.2, 0.25) is 0 Å². The highest BCUT2D eigenvalue weighted by Gasteiger charge is 2.16. The van der Waals surface area contributed by atoms with Crippen molar-refractivity contribution in [2.75, 3.05) is 13.8 Å². The Kier molecular flexibility index (Phi) is 3.80. The predicted octanol–water partition coefficient (Wildman–Crippen LogP) is 4.23. The molecule has 1 aromatic carbocycles. The standard InChI is InChI=1S/C17H17NO2S/c1-12-8-15-16(20-11-19-15)10-17(12)21-13(2)9-14-6-4-5-7-18(14)3/h4-10H,2,11H2,1,3H3/b14-9+. The largest absolute Gasteiger partial charge is 0.454 e. The minimum atomic E-state index is 0.301. The van der Waals surface area contributed by atoms with Crippen LogP contribution < -0.4 is 9.47 Å². The second-order valence-corrected chi connectivity index (χ2v) is 6.09. The molecule has 0 aromatic heterocycles. The first-order valence-electron chi connectivity index (χ1n) is 6.70. The molecule has 2 aliphatic heterocycles. The lowest BCUT2D eigenvalue weighted by Crippen LogP contribution is -2.10. The summed E-state index contributed by atoms with van der Waals surface area (Å²) in [5.41, 5.74) is 2.28. The van der Waals surface area contributed by atoms with Crippen LogP contribution in [0.4, 0.5) is 0 Å². The van der Waals surface area contributed by atoms with Gasteiger partial charge in [0.15, 0.2) is 11.5 Å². The molecule has 0 radical (unpaired) electrons. The first kappa shape index (κ1) is 13.9. The highest BCUT2D eigenvalue weighted by molar-refractivity contribution is 8.03. The Balaban J connectivity index is 1.78. The van der Waals surface area contributed by atoms with E-state index in [1.54, 1.807) is 11.8 Å². The molecule has 2 heterocycles. The average Bonchev–Trinajstić information content (AvgIpc) is 2.89. The van der Waals surface area contributed by atoms with Crippen molar-refractivity contribution < 1.29 is 9.47 Å². The first-order valence-corrected chi connectivity index (χ1v) is 7.51. The normalized spacial score (nSPS) is 17.6. The van der Waals surface area contributed by atoms with Crippen LogP contribution in [0.3, 0.4) is 0 Å². The molecule has 108 valence electrons. The summed E-state index contributed by atoms with van der Waals surface area (Å²) in [5.74, 6) is 1.63. The molecule has 0 fully saturated rings. The number of thioether (sulfide) groups is 1. The van der Waals surface area contributed by atoms with Gasteiger partial charge in [0, 0.05) is 28.7 Å². The fraction of sp³-hybridized carbons (Fsp3) is 0.176. The highest BCUT2D eigenvalue weighted by Crippen LogP contribution is 2.40. The molecule has 0 saturated carbocycles. The molecule has 0 aliphatic carbocycles. The molecule has 2 aliphatic rings. The predicted molar refractivity (Wildman–Crippen MR) is 86.4 cm³/mol. The number of likely N-dealkylation sites (N-methyl/N-ethyl adjacent to an activating group) is 1. The Labute approximate surface area is 129 Å². The van der Waals surface area contributed by atoms with Crippen molar-refractivity contribution in [3.05, 3.63) is 65.4 Å². The van der Waals surface area contributed by atoms with Crippen LogP contribution in [0.1, 0.15) is 5.56 Å². The number of ether oxygens (including phenoxy) is 2. The van der Waals surface area contributed by atoms with E-state index < -0.39 is 0 Å². The summed E-state index contributed by atoms with van der Waals surface area (Å²) in [6.07, 6.45) is 10.2. The molecule has 1 aromatic rings. The summed E-state index contributed by atoms with van der Waals surface area (Å²) in [4.78, 5) is 4.19. The summed E-state index contributed by atoms with van der Waals surface area (Å²) < 4.78 is 10.8. The maximum Gasteiger partial charge on any atom is 0.231 e. The molecule has 21 heavy (non-hydrogen) atoms. The van der Waals surface area contributed by atoms with Crippen molar-refractivity contribution in [2.24, 2.45) is 0 Å². The number of rotatable bonds is 3. The van der Waals surface area contributed by atoms with Crippen molar-refractivity contribution in [2.45, 2.75) is 11.8 Å². The number of allylic oxidation sites excluding steroid dienone is 4. The lowest BCUT2D eigenvalue weighted by atomic mass is 10.2. The lowest BCUT2D eigenvalue weighted by Gasteiger charge is -2.18. The molecular weight excluding hydrogens is 282 g/mol. The number of fused-ring (bicyclic) bond motifs is 1. The zero-order chi connectivity index (χ0) is 14.8. The van der Waals surface area contributed by atoms with E-state index in [0.29, 0.717) is 6.79 Å². The summed E-state index contributed by atoms with van der Waals surface area (Å²) in [5, 5.41) is 0. The van der Waals surface area contributed by atoms with Crippen LogP contribution in [0, 0.1) is 6.92 Å². The van der Waals surface area contributed by atoms with Crippen LogP contribution in [0.15, 0.2) is 64.7 Å². The number of hydrogen-bond acceptors (Lipinski definition) is 4. The van der Waals surface area contributed by atoms with E-state index in [1.807, 2.05) is 37.5 Å². The van der Waals surface area contributed by atoms with Gasteiger partial charge in [-0.2, -0.15) is 0 Å². The topological polar surface area (TPSA) is 21.7 Å². The van der Waals surface area contributed by atoms with Gasteiger partial charge in [0.2, 0.25) is 6.79 Å². The van der Waals surface area contributed by atoms with Crippen molar-refractivity contribution >= 4 is 11.8 Å². The van der Waals surface area contributed by atoms with Gasteiger partial charge < -0.3 is 14.4 Å². The number of nitrogens with zero attached hydrogens (tertiary/aromatic N) is 1. The Morgan fingerprint density at radius 3 is 2.81 bits per heavy atom. The third-order valence-corrected chi connectivity index (χ3v) is 4.35. The maximum atomic E-state index is 5.43. The Bertz CT molecular complexity index is 674. The van der Waals surface area contributed by atoms with Gasteiger partial charge in [0.1, 0.15) is 0 Å². The molecule has 0 saturated heterocycles. The molecule has 3 nitrogen and oxygen atoms in total. The number of hydrogen-bond donors (Lipinski definition) is 0. The van der Waals surface area contributed by atoms with E-state index in [0.717, 1.165) is 32.6 Å². The molecule has 0 bridgehead atoms. The minimum Gasteiger partial charge on any atom is -0.454 e. The third-order valence-electron chi connectivity index (χ3n) is 3.32. The Morgan fingerprint density at radius 2 is 2.05 bits per heavy atom. The second-order valence-electron chi connectivity index (χ2n) is 4.92. The van der Waals surface area contributed by atoms with Gasteiger partial charge in [-0.1, -0.05) is 24.4 Å². The van der Waals surface area contributed by atoms with E-state index in [9.17, 15) is 0 Å². The van der Waals surface area contributed by atoms with Crippen LogP contribution in [-0.2, 0) is 0 Å². The van der Waals surface area contributed by atoms with Crippen LogP contribution in [0.5, 0.6) is 11.5 Å². The first-order chi connectivity index (χ1) is 10.1. The van der Waals surface area contributed by atoms with E-state index in [-0.39, 0.29) is 0 Å². The monoisotopic (exact) mass is 299 g/mol. The van der Waals surface area contributed by atoms with Gasteiger partial charge in [-0.25, -0.2) is 0 Å². The average molecular weight is 299 g/mol. The molecule has 4 heteroatoms. The third kappa shape index (κ3) is 3.00. The molecule has 0 amide bonds. The van der Waals surface area contributed by atoms with Crippen LogP contribution in [0.25, 0.3) is 0 Å². The van der Waals surface area contributed by atoms with Gasteiger partial charge >= 0.3 is 0 Å². The fourth-order valence-corrected chi connectivity index (χ4v) is 3.01. The lowest BCUT2D eigenvalue weighted by molar-refractivity contribution is 0.174. The quantitative estimate of drug-likeness (QED) is 0.779. The van der Waals surface area contributed by atoms with Crippen LogP contribution >= 0.6 is 11.8 Å². The van der Waals surface area contributed by atoms with Gasteiger partial charge in [0.05, 0.1) is 0 Å². The molecule has 0 spiro atoms. The van der Waals surface area contributed by atoms with E-state index in [1.165, 1.54) is 0 Å². The summed E-state index contributed by atoms with van der Waals surface area (Å²) in [6, 6.07) is 4.03. The Morgan fingerprint density at radius 1 is 1.29 bits per heavy atom. The maximum absolute atomic E-state index is 5.43. The molecule has 0 N–H and O–H groups in total. The molecule has 0 unspecified atom stereocenters. The minimum absolute atomic E-state index is 0.301. The van der Waals surface area contributed by atoms with Crippen LogP contribution in [-0.4, -0.2) is 18.7 Å². The molecule has 3 rings (SSSR count). The van der Waals surface area contributed by atoms with Gasteiger partial charge in [-0.05, 0) is 42.8 Å². The van der Waals surface area contributed by atoms with Crippen molar-refractivity contribution in [3.63, 3.8) is 0 Å². The summed E-state index contributed by atoms with van der Waals surface area (Å²) in [7, 11) is 2.02. The molecular formula is C17H17NO2S. The van der Waals surface area contributed by atoms with E-state index in [4.69, 9.17) is 9.47 Å². The van der Waals surface area contributed by atoms with Crippen molar-refractivity contribution in [1.82, 2.24) is 4.90 Å². The number of benzene rings is 1. The van der Waals surface area contributed by atoms with Gasteiger partial charge in [-0.3, -0.25) is 0 Å². The zero-order valence-corrected chi connectivity index (χ0v) is 12.9. The van der Waals surface area contributed by atoms with Crippen molar-refractivity contribution in [3.8, 4) is 11.5 Å². The van der Waals surface area contributed by atoms with Crippen molar-refractivity contribution in [1.29, 1.82) is 0 Å². The fourth-order valence-electron chi connectivity index (χ4n) is 2.16. The summed E-state index contributed by atoms with van der Waals surface area (Å²) >= 11 is 1.64. The summed E-state index contributed by atoms with van der Waals surface area (Å²) in [6.45, 7) is 6.51. The molecule has 0 atom stereocenters. The zero-order valence-electron chi connectivity index (χ0n) is 12.1. The SMILES string of the molecule is C=C(/C=C1\C=CC=CN1C)Sc1cc2c(cc1C)OCO2. The van der Waals surface area contributed by atoms with Gasteiger partial charge in [-0.15, -0.1) is 0 Å². The number of aryl methyl sites for hydroxylation is 1. The van der Waals surface area contributed by atoms with E-state index >= 15 is 0 Å². The second kappa shape index (κ2) is 5.74.